The van der Waals surface area contributed by atoms with Gasteiger partial charge in [-0.2, -0.15) is 0 Å². The van der Waals surface area contributed by atoms with E-state index in [4.69, 9.17) is 0 Å². The van der Waals surface area contributed by atoms with Gasteiger partial charge in [-0.25, -0.2) is 0 Å². The monoisotopic (exact) mass is 393 g/mol. The summed E-state index contributed by atoms with van der Waals surface area (Å²) in [6.45, 7) is 6.05. The molecule has 1 saturated heterocycles. The van der Waals surface area contributed by atoms with Crippen LogP contribution in [0.2, 0.25) is 0 Å². The third-order valence-electron chi connectivity index (χ3n) is 5.29. The van der Waals surface area contributed by atoms with Crippen molar-refractivity contribution in [1.29, 1.82) is 0 Å². The number of aliphatic imine (C=N–C) groups is 1. The van der Waals surface area contributed by atoms with Gasteiger partial charge >= 0.3 is 0 Å². The van der Waals surface area contributed by atoms with Crippen molar-refractivity contribution in [3.05, 3.63) is 70.8 Å². The van der Waals surface area contributed by atoms with Crippen LogP contribution < -0.4 is 10.6 Å². The molecule has 1 heterocycles. The molecule has 0 aliphatic carbocycles. The molecule has 2 aromatic carbocycles. The molecule has 2 N–H and O–H groups in total. The van der Waals surface area contributed by atoms with Crippen LogP contribution in [0.1, 0.15) is 35.1 Å². The molecule has 5 heteroatoms. The molecule has 1 fully saturated rings. The average Bonchev–Trinajstić information content (AvgIpc) is 3.23. The standard InChI is InChI=1S/C24H35N5/c1-25-24(26-16-20-6-10-22(11-7-20)18-28(2)3)27-17-21-8-12-23(13-9-21)19-29-14-4-5-15-29/h6-13H,4-5,14-19H2,1-3H3,(H2,25,26,27). The fourth-order valence-electron chi connectivity index (χ4n) is 3.68. The van der Waals surface area contributed by atoms with Gasteiger partial charge in [0, 0.05) is 33.2 Å². The maximum absolute atomic E-state index is 4.34. The minimum atomic E-state index is 0.761. The summed E-state index contributed by atoms with van der Waals surface area (Å²) >= 11 is 0. The van der Waals surface area contributed by atoms with Crippen LogP contribution in [0, 0.1) is 0 Å². The number of hydrogen-bond donors (Lipinski definition) is 2. The quantitative estimate of drug-likeness (QED) is 0.534. The van der Waals surface area contributed by atoms with Crippen molar-refractivity contribution < 1.29 is 0 Å². The van der Waals surface area contributed by atoms with Gasteiger partial charge in [0.1, 0.15) is 0 Å². The highest BCUT2D eigenvalue weighted by molar-refractivity contribution is 5.79. The first kappa shape index (κ1) is 21.3. The van der Waals surface area contributed by atoms with Crippen LogP contribution in [-0.2, 0) is 26.2 Å². The number of guanidine groups is 1. The maximum atomic E-state index is 4.34. The van der Waals surface area contributed by atoms with E-state index < -0.39 is 0 Å². The van der Waals surface area contributed by atoms with Crippen LogP contribution in [0.25, 0.3) is 0 Å². The van der Waals surface area contributed by atoms with Gasteiger partial charge in [0.25, 0.3) is 0 Å². The Balaban J connectivity index is 1.42. The summed E-state index contributed by atoms with van der Waals surface area (Å²) in [5.41, 5.74) is 5.25. The second-order valence-electron chi connectivity index (χ2n) is 8.13. The molecule has 0 atom stereocenters. The molecule has 1 aliphatic rings. The zero-order chi connectivity index (χ0) is 20.5. The van der Waals surface area contributed by atoms with Gasteiger partial charge in [0.15, 0.2) is 5.96 Å². The van der Waals surface area contributed by atoms with Crippen molar-refractivity contribution in [3.8, 4) is 0 Å². The Morgan fingerprint density at radius 3 is 1.79 bits per heavy atom. The van der Waals surface area contributed by atoms with Crippen LogP contribution in [0.3, 0.4) is 0 Å². The summed E-state index contributed by atoms with van der Waals surface area (Å²) in [7, 11) is 5.99. The van der Waals surface area contributed by atoms with E-state index in [9.17, 15) is 0 Å². The molecule has 2 aromatic rings. The third-order valence-corrected chi connectivity index (χ3v) is 5.29. The first-order valence-electron chi connectivity index (χ1n) is 10.6. The molecule has 29 heavy (non-hydrogen) atoms. The van der Waals surface area contributed by atoms with Crippen molar-refractivity contribution in [3.63, 3.8) is 0 Å². The van der Waals surface area contributed by atoms with Crippen molar-refractivity contribution in [1.82, 2.24) is 20.4 Å². The normalized spacial score (nSPS) is 15.1. The van der Waals surface area contributed by atoms with Crippen molar-refractivity contribution in [2.24, 2.45) is 4.99 Å². The Kier molecular flexibility index (Phi) is 8.08. The van der Waals surface area contributed by atoms with E-state index in [1.54, 1.807) is 0 Å². The molecule has 0 bridgehead atoms. The summed E-state index contributed by atoms with van der Waals surface area (Å²) in [4.78, 5) is 9.05. The second-order valence-corrected chi connectivity index (χ2v) is 8.13. The Labute approximate surface area is 175 Å². The summed E-state index contributed by atoms with van der Waals surface area (Å²) < 4.78 is 0. The lowest BCUT2D eigenvalue weighted by molar-refractivity contribution is 0.331. The lowest BCUT2D eigenvalue weighted by atomic mass is 10.1. The number of nitrogens with zero attached hydrogens (tertiary/aromatic N) is 3. The predicted molar refractivity (Wildman–Crippen MR) is 122 cm³/mol. The zero-order valence-electron chi connectivity index (χ0n) is 18.1. The number of benzene rings is 2. The van der Waals surface area contributed by atoms with Crippen LogP contribution in [0.5, 0.6) is 0 Å². The van der Waals surface area contributed by atoms with E-state index in [1.165, 1.54) is 48.2 Å². The fourth-order valence-corrected chi connectivity index (χ4v) is 3.68. The average molecular weight is 394 g/mol. The first-order chi connectivity index (χ1) is 14.1. The van der Waals surface area contributed by atoms with Crippen LogP contribution >= 0.6 is 0 Å². The first-order valence-corrected chi connectivity index (χ1v) is 10.6. The highest BCUT2D eigenvalue weighted by Gasteiger charge is 2.11. The van der Waals surface area contributed by atoms with Crippen molar-refractivity contribution in [2.45, 2.75) is 39.0 Å². The van der Waals surface area contributed by atoms with E-state index in [1.807, 2.05) is 7.05 Å². The van der Waals surface area contributed by atoms with Crippen LogP contribution in [0.4, 0.5) is 0 Å². The van der Waals surface area contributed by atoms with Gasteiger partial charge in [0.2, 0.25) is 0 Å². The second kappa shape index (κ2) is 11.0. The molecule has 5 nitrogen and oxygen atoms in total. The Hall–Kier alpha value is -2.37. The molecule has 0 saturated carbocycles. The SMILES string of the molecule is CN=C(NCc1ccc(CN(C)C)cc1)NCc1ccc(CN2CCCC2)cc1. The molecule has 0 unspecified atom stereocenters. The van der Waals surface area contributed by atoms with Crippen LogP contribution in [-0.4, -0.2) is 50.0 Å². The van der Waals surface area contributed by atoms with Crippen molar-refractivity contribution >= 4 is 5.96 Å². The fraction of sp³-hybridized carbons (Fsp3) is 0.458. The largest absolute Gasteiger partial charge is 0.352 e. The number of nitrogens with one attached hydrogen (secondary N) is 2. The van der Waals surface area contributed by atoms with Gasteiger partial charge in [-0.15, -0.1) is 0 Å². The van der Waals surface area contributed by atoms with Crippen LogP contribution in [0.15, 0.2) is 53.5 Å². The van der Waals surface area contributed by atoms with Gasteiger partial charge in [-0.05, 0) is 62.3 Å². The summed E-state index contributed by atoms with van der Waals surface area (Å²) in [6.07, 6.45) is 2.68. The van der Waals surface area contributed by atoms with Gasteiger partial charge in [-0.1, -0.05) is 48.5 Å². The minimum Gasteiger partial charge on any atom is -0.352 e. The Morgan fingerprint density at radius 1 is 0.828 bits per heavy atom. The summed E-state index contributed by atoms with van der Waals surface area (Å²) in [5.74, 6) is 0.823. The van der Waals surface area contributed by atoms with E-state index >= 15 is 0 Å². The molecule has 1 aliphatic heterocycles. The molecule has 0 amide bonds. The van der Waals surface area contributed by atoms with E-state index in [-0.39, 0.29) is 0 Å². The number of rotatable bonds is 8. The van der Waals surface area contributed by atoms with E-state index in [2.05, 4.69) is 88.1 Å². The van der Waals surface area contributed by atoms with E-state index in [0.29, 0.717) is 0 Å². The molecular formula is C24H35N5. The maximum Gasteiger partial charge on any atom is 0.191 e. The smallest absolute Gasteiger partial charge is 0.191 e. The Bertz CT molecular complexity index is 759. The topological polar surface area (TPSA) is 42.9 Å². The molecule has 0 aromatic heterocycles. The molecule has 0 radical (unpaired) electrons. The van der Waals surface area contributed by atoms with E-state index in [0.717, 1.165) is 32.1 Å². The molecule has 3 rings (SSSR count). The van der Waals surface area contributed by atoms with Gasteiger partial charge in [0.05, 0.1) is 0 Å². The predicted octanol–water partition coefficient (Wildman–Crippen LogP) is 3.21. The summed E-state index contributed by atoms with van der Waals surface area (Å²) in [6, 6.07) is 17.7. The van der Waals surface area contributed by atoms with Gasteiger partial charge < -0.3 is 15.5 Å². The lowest BCUT2D eigenvalue weighted by Crippen LogP contribution is -2.36. The number of likely N-dealkylation sites (tertiary alicyclic amines) is 1. The molecule has 156 valence electrons. The molecular weight excluding hydrogens is 358 g/mol. The zero-order valence-corrected chi connectivity index (χ0v) is 18.1. The molecule has 0 spiro atoms. The highest BCUT2D eigenvalue weighted by atomic mass is 15.2. The van der Waals surface area contributed by atoms with Crippen molar-refractivity contribution in [2.75, 3.05) is 34.2 Å². The van der Waals surface area contributed by atoms with Gasteiger partial charge in [-0.3, -0.25) is 9.89 Å². The number of hydrogen-bond acceptors (Lipinski definition) is 3. The lowest BCUT2D eigenvalue weighted by Gasteiger charge is -2.15. The minimum absolute atomic E-state index is 0.761. The third kappa shape index (κ3) is 7.18. The Morgan fingerprint density at radius 2 is 1.31 bits per heavy atom. The highest BCUT2D eigenvalue weighted by Crippen LogP contribution is 2.13. The summed E-state index contributed by atoms with van der Waals surface area (Å²) in [5, 5.41) is 6.81.